The van der Waals surface area contributed by atoms with Crippen molar-refractivity contribution >= 4 is 0 Å². The number of aromatic nitrogens is 3. The van der Waals surface area contributed by atoms with Gasteiger partial charge in [-0.3, -0.25) is 0 Å². The van der Waals surface area contributed by atoms with Crippen LogP contribution in [-0.4, -0.2) is 40.1 Å². The predicted molar refractivity (Wildman–Crippen MR) is 114 cm³/mol. The molecule has 0 spiro atoms. The Morgan fingerprint density at radius 3 is 2.70 bits per heavy atom. The molecule has 164 valence electrons. The van der Waals surface area contributed by atoms with Gasteiger partial charge in [0, 0.05) is 0 Å². The number of nitrogens with zero attached hydrogens (tertiary/aromatic N) is 4. The third kappa shape index (κ3) is 4.56. The summed E-state index contributed by atoms with van der Waals surface area (Å²) in [5.74, 6) is 1.31. The van der Waals surface area contributed by atoms with Crippen LogP contribution in [0.3, 0.4) is 0 Å². The van der Waals surface area contributed by atoms with E-state index in [1.165, 1.54) is 50.4 Å². The first kappa shape index (κ1) is 21.7. The van der Waals surface area contributed by atoms with Crippen LogP contribution in [0.5, 0.6) is 0 Å². The van der Waals surface area contributed by atoms with Crippen molar-refractivity contribution in [3.05, 3.63) is 62.2 Å². The molecule has 0 amide bonds. The zero-order valence-electron chi connectivity index (χ0n) is 18.2. The molecule has 30 heavy (non-hydrogen) atoms. The average molecular weight is 523 g/mol. The molecule has 0 aliphatic carbocycles. The van der Waals surface area contributed by atoms with Gasteiger partial charge in [0.2, 0.25) is 0 Å². The molecule has 4 rings (SSSR count). The van der Waals surface area contributed by atoms with Gasteiger partial charge in [0.15, 0.2) is 0 Å². The van der Waals surface area contributed by atoms with E-state index in [4.69, 9.17) is 0 Å². The van der Waals surface area contributed by atoms with Gasteiger partial charge in [0.05, 0.1) is 0 Å². The molecule has 6 nitrogen and oxygen atoms in total. The molecule has 2 fully saturated rings. The van der Waals surface area contributed by atoms with Gasteiger partial charge in [-0.25, -0.2) is 0 Å². The first-order chi connectivity index (χ1) is 14.4. The van der Waals surface area contributed by atoms with Gasteiger partial charge in [-0.2, -0.15) is 0 Å². The van der Waals surface area contributed by atoms with Gasteiger partial charge in [-0.05, 0) is 0 Å². The quantitative estimate of drug-likeness (QED) is 0.268. The Labute approximate surface area is 188 Å². The Balaban J connectivity index is 1.31. The van der Waals surface area contributed by atoms with Crippen LogP contribution < -0.4 is 32.6 Å². The van der Waals surface area contributed by atoms with E-state index in [9.17, 15) is 9.59 Å². The number of piperidine rings is 1. The summed E-state index contributed by atoms with van der Waals surface area (Å²) in [6.07, 6.45) is 5.99. The normalized spacial score (nSPS) is 24.0. The fourth-order valence-corrected chi connectivity index (χ4v) is 9.21. The van der Waals surface area contributed by atoms with Gasteiger partial charge in [-0.1, -0.05) is 0 Å². The second kappa shape index (κ2) is 9.34. The van der Waals surface area contributed by atoms with E-state index in [2.05, 4.69) is 41.1 Å². The van der Waals surface area contributed by atoms with Gasteiger partial charge in [0.25, 0.3) is 0 Å². The van der Waals surface area contributed by atoms with Crippen LogP contribution in [0.4, 0.5) is 0 Å². The van der Waals surface area contributed by atoms with Crippen molar-refractivity contribution in [3.63, 3.8) is 0 Å². The average Bonchev–Trinajstić information content (AvgIpc) is 2.96. The van der Waals surface area contributed by atoms with Gasteiger partial charge < -0.3 is 0 Å². The van der Waals surface area contributed by atoms with Crippen molar-refractivity contribution in [2.75, 3.05) is 11.0 Å². The number of halogens is 1. The van der Waals surface area contributed by atoms with Crippen molar-refractivity contribution in [1.29, 1.82) is 0 Å². The second-order valence-electron chi connectivity index (χ2n) is 8.73. The SMILES string of the molecule is Cc1ccccc1CCC1CC2C[I-]C(C1)N2CCCn1c(=O)nc(C)n(C)c1=O. The Bertz CT molecular complexity index is 1000. The zero-order chi connectivity index (χ0) is 21.3. The molecule has 2 bridgehead atoms. The number of alkyl halides is 2. The number of aryl methyl sites for hydroxylation is 3. The van der Waals surface area contributed by atoms with Crippen LogP contribution in [0.2, 0.25) is 0 Å². The zero-order valence-corrected chi connectivity index (χ0v) is 20.3. The minimum atomic E-state index is -0.416. The Kier molecular flexibility index (Phi) is 6.77. The molecule has 2 aromatic rings. The second-order valence-corrected chi connectivity index (χ2v) is 11.9. The van der Waals surface area contributed by atoms with Gasteiger partial charge >= 0.3 is 189 Å². The summed E-state index contributed by atoms with van der Waals surface area (Å²) in [6.45, 7) is 5.36. The summed E-state index contributed by atoms with van der Waals surface area (Å²) >= 11 is 0.242. The maximum absolute atomic E-state index is 12.4. The molecule has 3 unspecified atom stereocenters. The number of fused-ring (bicyclic) bond motifs is 2. The van der Waals surface area contributed by atoms with Crippen LogP contribution in [0.25, 0.3) is 0 Å². The summed E-state index contributed by atoms with van der Waals surface area (Å²) in [5.41, 5.74) is 2.25. The van der Waals surface area contributed by atoms with Crippen molar-refractivity contribution in [2.45, 2.75) is 62.6 Å². The molecule has 0 N–H and O–H groups in total. The fourth-order valence-electron chi connectivity index (χ4n) is 4.85. The molecule has 2 saturated heterocycles. The summed E-state index contributed by atoms with van der Waals surface area (Å²) in [5, 5.41) is 0. The standard InChI is InChI=1S/C23H32IN4O2/c1-16-7-4-5-8-19(16)10-9-18-13-20-15-24-21(14-18)27(20)11-6-12-28-22(29)25-17(2)26(3)23(28)30/h4-5,7-8,18,20-21H,6,9-15H2,1-3H3/q-1. The molecule has 1 aromatic carbocycles. The molecule has 3 heterocycles. The maximum atomic E-state index is 12.4. The van der Waals surface area contributed by atoms with Crippen molar-refractivity contribution in [2.24, 2.45) is 13.0 Å². The van der Waals surface area contributed by atoms with E-state index in [0.29, 0.717) is 18.4 Å². The van der Waals surface area contributed by atoms with Crippen LogP contribution >= 0.6 is 0 Å². The Morgan fingerprint density at radius 2 is 1.93 bits per heavy atom. The Morgan fingerprint density at radius 1 is 1.13 bits per heavy atom. The van der Waals surface area contributed by atoms with E-state index in [0.717, 1.165) is 22.9 Å². The molecule has 2 aliphatic rings. The van der Waals surface area contributed by atoms with Crippen molar-refractivity contribution < 1.29 is 21.2 Å². The van der Waals surface area contributed by atoms with Gasteiger partial charge in [-0.15, -0.1) is 0 Å². The van der Waals surface area contributed by atoms with Crippen LogP contribution in [0.15, 0.2) is 33.9 Å². The van der Waals surface area contributed by atoms with E-state index in [-0.39, 0.29) is 26.9 Å². The molecule has 0 saturated carbocycles. The molecule has 3 atom stereocenters. The van der Waals surface area contributed by atoms with E-state index < -0.39 is 5.69 Å². The summed E-state index contributed by atoms with van der Waals surface area (Å²) in [4.78, 5) is 31.2. The summed E-state index contributed by atoms with van der Waals surface area (Å²) in [6, 6.07) is 9.49. The van der Waals surface area contributed by atoms with Gasteiger partial charge in [0.1, 0.15) is 0 Å². The third-order valence-corrected chi connectivity index (χ3v) is 10.5. The number of benzene rings is 1. The molecular weight excluding hydrogens is 491 g/mol. The number of rotatable bonds is 7. The van der Waals surface area contributed by atoms with E-state index >= 15 is 0 Å². The van der Waals surface area contributed by atoms with Crippen LogP contribution in [-0.2, 0) is 20.0 Å². The van der Waals surface area contributed by atoms with Crippen molar-refractivity contribution in [3.8, 4) is 0 Å². The summed E-state index contributed by atoms with van der Waals surface area (Å²) in [7, 11) is 1.67. The number of hydrogen-bond acceptors (Lipinski definition) is 4. The van der Waals surface area contributed by atoms with Crippen LogP contribution in [0.1, 0.15) is 42.6 Å². The van der Waals surface area contributed by atoms with Crippen molar-refractivity contribution in [1.82, 2.24) is 19.0 Å². The van der Waals surface area contributed by atoms with E-state index in [1.807, 2.05) is 0 Å². The molecular formula is C23H32IN4O2-. The predicted octanol–water partition coefficient (Wildman–Crippen LogP) is -0.909. The molecule has 0 radical (unpaired) electrons. The number of hydrogen-bond donors (Lipinski definition) is 0. The first-order valence-corrected chi connectivity index (χ1v) is 13.7. The summed E-state index contributed by atoms with van der Waals surface area (Å²) < 4.78 is 4.92. The fraction of sp³-hybridized carbons (Fsp3) is 0.609. The first-order valence-electron chi connectivity index (χ1n) is 11.0. The van der Waals surface area contributed by atoms with Crippen LogP contribution in [0, 0.1) is 19.8 Å². The van der Waals surface area contributed by atoms with E-state index in [1.54, 1.807) is 14.0 Å². The monoisotopic (exact) mass is 523 g/mol. The molecule has 7 heteroatoms. The minimum absolute atomic E-state index is 0.242. The topological polar surface area (TPSA) is 60.1 Å². The Hall–Kier alpha value is -1.48. The molecule has 2 aliphatic heterocycles. The third-order valence-electron chi connectivity index (χ3n) is 6.78. The molecule has 1 aromatic heterocycles.